The molecular formula is C25H37NO. The lowest BCUT2D eigenvalue weighted by atomic mass is 9.97. The molecule has 0 radical (unpaired) electrons. The molecular weight excluding hydrogens is 330 g/mol. The van der Waals surface area contributed by atoms with Crippen LogP contribution in [0, 0.1) is 0 Å². The zero-order valence-corrected chi connectivity index (χ0v) is 17.3. The maximum atomic E-state index is 11.7. The Kier molecular flexibility index (Phi) is 9.97. The van der Waals surface area contributed by atoms with Crippen molar-refractivity contribution in [2.45, 2.75) is 90.5 Å². The van der Waals surface area contributed by atoms with Gasteiger partial charge >= 0.3 is 0 Å². The number of amides is 1. The monoisotopic (exact) mass is 367 g/mol. The van der Waals surface area contributed by atoms with Crippen LogP contribution in [0.5, 0.6) is 0 Å². The number of nitrogens with one attached hydrogen (secondary N) is 1. The molecule has 0 bridgehead atoms. The Morgan fingerprint density at radius 3 is 2.04 bits per heavy atom. The van der Waals surface area contributed by atoms with Crippen LogP contribution in [0.1, 0.15) is 96.1 Å². The maximum absolute atomic E-state index is 11.7. The third-order valence-corrected chi connectivity index (χ3v) is 5.40. The van der Waals surface area contributed by atoms with Gasteiger partial charge in [0.15, 0.2) is 0 Å². The Morgan fingerprint density at radius 2 is 1.41 bits per heavy atom. The summed E-state index contributed by atoms with van der Waals surface area (Å²) in [5, 5.41) is 5.65. The number of fused-ring (bicyclic) bond motifs is 1. The number of hydrogen-bond acceptors (Lipinski definition) is 1. The fraction of sp³-hybridized carbons (Fsp3) is 0.560. The maximum Gasteiger partial charge on any atom is 0.217 e. The zero-order valence-electron chi connectivity index (χ0n) is 17.3. The Bertz CT molecular complexity index is 679. The summed E-state index contributed by atoms with van der Waals surface area (Å²) in [6.45, 7) is 3.89. The lowest BCUT2D eigenvalue weighted by molar-refractivity contribution is -0.119. The Balaban J connectivity index is 1.75. The van der Waals surface area contributed by atoms with E-state index in [-0.39, 0.29) is 11.9 Å². The molecule has 0 aliphatic heterocycles. The van der Waals surface area contributed by atoms with E-state index in [9.17, 15) is 4.79 Å². The first-order valence-corrected chi connectivity index (χ1v) is 11.0. The molecule has 0 unspecified atom stereocenters. The first-order chi connectivity index (χ1) is 13.2. The lowest BCUT2D eigenvalue weighted by Gasteiger charge is -2.19. The van der Waals surface area contributed by atoms with Crippen molar-refractivity contribution >= 4 is 16.7 Å². The van der Waals surface area contributed by atoms with Crippen LogP contribution < -0.4 is 5.32 Å². The molecule has 0 aliphatic rings. The lowest BCUT2D eigenvalue weighted by Crippen LogP contribution is -2.26. The van der Waals surface area contributed by atoms with Crippen LogP contribution in [0.15, 0.2) is 42.5 Å². The van der Waals surface area contributed by atoms with E-state index in [1.54, 1.807) is 6.92 Å². The van der Waals surface area contributed by atoms with Crippen molar-refractivity contribution in [3.05, 3.63) is 48.0 Å². The fourth-order valence-corrected chi connectivity index (χ4v) is 3.83. The summed E-state index contributed by atoms with van der Waals surface area (Å²) in [5.41, 5.74) is 1.22. The Hall–Kier alpha value is -1.83. The highest BCUT2D eigenvalue weighted by Crippen LogP contribution is 2.24. The standard InChI is InChI=1S/C25H37NO/c1-3-4-5-6-7-8-9-10-11-12-17-25(26-21(2)27)24-19-18-22-15-13-14-16-23(22)20-24/h13-16,18-20,25H,3-12,17H2,1-2H3,(H,26,27)/t25-/m0/s1. The number of benzene rings is 2. The molecule has 0 saturated carbocycles. The summed E-state index contributed by atoms with van der Waals surface area (Å²) in [4.78, 5) is 11.7. The Morgan fingerprint density at radius 1 is 0.815 bits per heavy atom. The molecule has 148 valence electrons. The van der Waals surface area contributed by atoms with Gasteiger partial charge in [-0.1, -0.05) is 108 Å². The van der Waals surface area contributed by atoms with Crippen molar-refractivity contribution in [2.24, 2.45) is 0 Å². The molecule has 2 nitrogen and oxygen atoms in total. The van der Waals surface area contributed by atoms with E-state index in [0.29, 0.717) is 0 Å². The molecule has 1 atom stereocenters. The van der Waals surface area contributed by atoms with E-state index < -0.39 is 0 Å². The van der Waals surface area contributed by atoms with Gasteiger partial charge in [-0.3, -0.25) is 4.79 Å². The first-order valence-electron chi connectivity index (χ1n) is 11.0. The van der Waals surface area contributed by atoms with Crippen LogP contribution in [0.25, 0.3) is 10.8 Å². The van der Waals surface area contributed by atoms with E-state index >= 15 is 0 Å². The van der Waals surface area contributed by atoms with Crippen molar-refractivity contribution in [1.82, 2.24) is 5.32 Å². The minimum absolute atomic E-state index is 0.0558. The predicted molar refractivity (Wildman–Crippen MR) is 117 cm³/mol. The van der Waals surface area contributed by atoms with E-state index in [0.717, 1.165) is 6.42 Å². The van der Waals surface area contributed by atoms with Crippen molar-refractivity contribution < 1.29 is 4.79 Å². The fourth-order valence-electron chi connectivity index (χ4n) is 3.83. The summed E-state index contributed by atoms with van der Waals surface area (Å²) in [6.07, 6.45) is 14.4. The van der Waals surface area contributed by atoms with Crippen LogP contribution in [0.4, 0.5) is 0 Å². The van der Waals surface area contributed by atoms with Crippen molar-refractivity contribution in [3.8, 4) is 0 Å². The zero-order chi connectivity index (χ0) is 19.3. The summed E-state index contributed by atoms with van der Waals surface area (Å²) < 4.78 is 0. The largest absolute Gasteiger partial charge is 0.350 e. The SMILES string of the molecule is CCCCCCCCCCCC[C@H](NC(C)=O)c1ccc2ccccc2c1. The predicted octanol–water partition coefficient (Wildman–Crippen LogP) is 7.33. The van der Waals surface area contributed by atoms with Crippen molar-refractivity contribution in [2.75, 3.05) is 0 Å². The number of rotatable bonds is 13. The minimum atomic E-state index is 0.0558. The van der Waals surface area contributed by atoms with Crippen LogP contribution >= 0.6 is 0 Å². The van der Waals surface area contributed by atoms with E-state index in [4.69, 9.17) is 0 Å². The molecule has 2 aromatic rings. The Labute approximate surface area is 165 Å². The summed E-state index contributed by atoms with van der Waals surface area (Å²) in [7, 11) is 0. The van der Waals surface area contributed by atoms with Gasteiger partial charge in [0, 0.05) is 6.92 Å². The van der Waals surface area contributed by atoms with Crippen molar-refractivity contribution in [1.29, 1.82) is 0 Å². The van der Waals surface area contributed by atoms with Gasteiger partial charge in [0.2, 0.25) is 5.91 Å². The van der Waals surface area contributed by atoms with Gasteiger partial charge in [0.05, 0.1) is 6.04 Å². The molecule has 1 amide bonds. The van der Waals surface area contributed by atoms with Gasteiger partial charge in [0.1, 0.15) is 0 Å². The van der Waals surface area contributed by atoms with Gasteiger partial charge in [-0.15, -0.1) is 0 Å². The summed E-state index contributed by atoms with van der Waals surface area (Å²) >= 11 is 0. The highest BCUT2D eigenvalue weighted by Gasteiger charge is 2.13. The molecule has 2 aromatic carbocycles. The molecule has 0 heterocycles. The molecule has 2 rings (SSSR count). The summed E-state index contributed by atoms with van der Waals surface area (Å²) in [5.74, 6) is 0.0558. The van der Waals surface area contributed by atoms with Crippen LogP contribution in [0.2, 0.25) is 0 Å². The average Bonchev–Trinajstić information content (AvgIpc) is 2.68. The first kappa shape index (κ1) is 21.5. The van der Waals surface area contributed by atoms with Gasteiger partial charge in [-0.25, -0.2) is 0 Å². The topological polar surface area (TPSA) is 29.1 Å². The van der Waals surface area contributed by atoms with Gasteiger partial charge < -0.3 is 5.32 Å². The second-order valence-electron chi connectivity index (χ2n) is 7.83. The molecule has 0 saturated heterocycles. The number of carbonyl (C=O) groups is 1. The van der Waals surface area contributed by atoms with Crippen LogP contribution in [-0.4, -0.2) is 5.91 Å². The number of carbonyl (C=O) groups excluding carboxylic acids is 1. The second kappa shape index (κ2) is 12.5. The number of unbranched alkanes of at least 4 members (excludes halogenated alkanes) is 9. The van der Waals surface area contributed by atoms with Gasteiger partial charge in [0.25, 0.3) is 0 Å². The quantitative estimate of drug-likeness (QED) is 0.369. The third kappa shape index (κ3) is 8.15. The van der Waals surface area contributed by atoms with E-state index in [2.05, 4.69) is 54.7 Å². The molecule has 0 aliphatic carbocycles. The van der Waals surface area contributed by atoms with Crippen molar-refractivity contribution in [3.63, 3.8) is 0 Å². The van der Waals surface area contributed by atoms with Crippen LogP contribution in [-0.2, 0) is 4.79 Å². The van der Waals surface area contributed by atoms with Gasteiger partial charge in [-0.05, 0) is 28.8 Å². The highest BCUT2D eigenvalue weighted by atomic mass is 16.1. The molecule has 1 N–H and O–H groups in total. The molecule has 27 heavy (non-hydrogen) atoms. The van der Waals surface area contributed by atoms with Crippen LogP contribution in [0.3, 0.4) is 0 Å². The average molecular weight is 368 g/mol. The van der Waals surface area contributed by atoms with Gasteiger partial charge in [-0.2, -0.15) is 0 Å². The molecule has 0 aromatic heterocycles. The number of hydrogen-bond donors (Lipinski definition) is 1. The second-order valence-corrected chi connectivity index (χ2v) is 7.83. The highest BCUT2D eigenvalue weighted by molar-refractivity contribution is 5.83. The summed E-state index contributed by atoms with van der Waals surface area (Å²) in [6, 6.07) is 15.1. The van der Waals surface area contributed by atoms with E-state index in [1.807, 2.05) is 0 Å². The minimum Gasteiger partial charge on any atom is -0.350 e. The normalized spacial score (nSPS) is 12.2. The van der Waals surface area contributed by atoms with E-state index in [1.165, 1.54) is 80.5 Å². The molecule has 2 heteroatoms. The molecule has 0 spiro atoms. The third-order valence-electron chi connectivity index (χ3n) is 5.40. The smallest absolute Gasteiger partial charge is 0.217 e. The molecule has 0 fully saturated rings.